The van der Waals surface area contributed by atoms with Crippen LogP contribution in [0.1, 0.15) is 58.8 Å². The van der Waals surface area contributed by atoms with Gasteiger partial charge in [0.2, 0.25) is 0 Å². The lowest BCUT2D eigenvalue weighted by molar-refractivity contribution is 0.418. The molecule has 2 rings (SSSR count). The summed E-state index contributed by atoms with van der Waals surface area (Å²) in [6.45, 7) is 4.63. The Morgan fingerprint density at radius 3 is 2.44 bits per heavy atom. The van der Waals surface area contributed by atoms with Crippen LogP contribution in [0.2, 0.25) is 0 Å². The van der Waals surface area contributed by atoms with Gasteiger partial charge < -0.3 is 5.32 Å². The first-order valence-corrected chi connectivity index (χ1v) is 8.24. The maximum atomic E-state index is 3.92. The number of rotatable bonds is 5. The lowest BCUT2D eigenvalue weighted by Gasteiger charge is -2.19. The van der Waals surface area contributed by atoms with Crippen LogP contribution in [0.5, 0.6) is 0 Å². The van der Waals surface area contributed by atoms with Gasteiger partial charge >= 0.3 is 0 Å². The molecule has 0 radical (unpaired) electrons. The Morgan fingerprint density at radius 2 is 1.75 bits per heavy atom. The summed E-state index contributed by atoms with van der Waals surface area (Å²) >= 11 is 2.17. The van der Waals surface area contributed by atoms with Crippen LogP contribution in [-0.2, 0) is 0 Å². The second-order valence-electron chi connectivity index (χ2n) is 5.54. The van der Waals surface area contributed by atoms with Crippen LogP contribution < -0.4 is 5.32 Å². The first-order valence-electron chi connectivity index (χ1n) is 7.19. The quantitative estimate of drug-likeness (QED) is 0.785. The summed E-state index contributed by atoms with van der Waals surface area (Å²) in [6.07, 6.45) is 10.0. The van der Waals surface area contributed by atoms with E-state index in [0.29, 0.717) is 0 Å². The molecule has 0 aromatic carbocycles. The molecule has 4 unspecified atom stereocenters. The average molecular weight is 241 g/mol. The van der Waals surface area contributed by atoms with Gasteiger partial charge in [-0.1, -0.05) is 20.3 Å². The fourth-order valence-corrected chi connectivity index (χ4v) is 4.55. The summed E-state index contributed by atoms with van der Waals surface area (Å²) in [5.74, 6) is 2.30. The minimum absolute atomic E-state index is 0.838. The molecule has 0 aliphatic heterocycles. The molecule has 2 saturated carbocycles. The molecule has 0 saturated heterocycles. The number of thioether (sulfide) groups is 1. The van der Waals surface area contributed by atoms with E-state index in [9.17, 15) is 0 Å². The molecule has 16 heavy (non-hydrogen) atoms. The SMILES string of the molecule is CCSC1CCC(NC2CCC(CC)C2)C1. The molecule has 0 aromatic rings. The predicted molar refractivity (Wildman–Crippen MR) is 74.1 cm³/mol. The molecule has 0 heterocycles. The zero-order chi connectivity index (χ0) is 11.4. The highest BCUT2D eigenvalue weighted by molar-refractivity contribution is 7.99. The molecule has 0 aromatic heterocycles. The van der Waals surface area contributed by atoms with Crippen molar-refractivity contribution in [3.63, 3.8) is 0 Å². The van der Waals surface area contributed by atoms with Crippen molar-refractivity contribution in [2.24, 2.45) is 5.92 Å². The molecular weight excluding hydrogens is 214 g/mol. The highest BCUT2D eigenvalue weighted by Crippen LogP contribution is 2.33. The second-order valence-corrected chi connectivity index (χ2v) is 7.12. The van der Waals surface area contributed by atoms with Crippen molar-refractivity contribution in [3.8, 4) is 0 Å². The summed E-state index contributed by atoms with van der Waals surface area (Å²) < 4.78 is 0. The molecule has 4 atom stereocenters. The third-order valence-electron chi connectivity index (χ3n) is 4.38. The molecule has 1 N–H and O–H groups in total. The Balaban J connectivity index is 1.67. The molecule has 0 bridgehead atoms. The zero-order valence-electron chi connectivity index (χ0n) is 10.9. The van der Waals surface area contributed by atoms with E-state index < -0.39 is 0 Å². The van der Waals surface area contributed by atoms with Gasteiger partial charge in [0.25, 0.3) is 0 Å². The smallest absolute Gasteiger partial charge is 0.00805 e. The molecule has 0 amide bonds. The van der Waals surface area contributed by atoms with Gasteiger partial charge in [-0.2, -0.15) is 11.8 Å². The number of hydrogen-bond donors (Lipinski definition) is 1. The van der Waals surface area contributed by atoms with Gasteiger partial charge in [0, 0.05) is 17.3 Å². The number of hydrogen-bond acceptors (Lipinski definition) is 2. The van der Waals surface area contributed by atoms with E-state index in [0.717, 1.165) is 23.3 Å². The fraction of sp³-hybridized carbons (Fsp3) is 1.00. The van der Waals surface area contributed by atoms with Crippen molar-refractivity contribution in [2.75, 3.05) is 5.75 Å². The van der Waals surface area contributed by atoms with Crippen molar-refractivity contribution in [3.05, 3.63) is 0 Å². The lowest BCUT2D eigenvalue weighted by atomic mass is 10.1. The van der Waals surface area contributed by atoms with Crippen molar-refractivity contribution in [2.45, 2.75) is 76.1 Å². The first kappa shape index (κ1) is 12.8. The molecule has 1 nitrogen and oxygen atoms in total. The van der Waals surface area contributed by atoms with Crippen LogP contribution in [0.25, 0.3) is 0 Å². The molecular formula is C14H27NS. The molecule has 2 aliphatic carbocycles. The second kappa shape index (κ2) is 6.30. The van der Waals surface area contributed by atoms with E-state index in [1.54, 1.807) is 0 Å². The Kier molecular flexibility index (Phi) is 5.02. The van der Waals surface area contributed by atoms with Crippen molar-refractivity contribution in [1.29, 1.82) is 0 Å². The van der Waals surface area contributed by atoms with Crippen LogP contribution in [0.3, 0.4) is 0 Å². The predicted octanol–water partition coefficient (Wildman–Crippen LogP) is 3.83. The number of nitrogens with one attached hydrogen (secondary N) is 1. The fourth-order valence-electron chi connectivity index (χ4n) is 3.41. The highest BCUT2D eigenvalue weighted by atomic mass is 32.2. The van der Waals surface area contributed by atoms with Crippen LogP contribution in [-0.4, -0.2) is 23.1 Å². The minimum atomic E-state index is 0.838. The third kappa shape index (κ3) is 3.40. The summed E-state index contributed by atoms with van der Waals surface area (Å²) in [7, 11) is 0. The van der Waals surface area contributed by atoms with E-state index in [2.05, 4.69) is 30.9 Å². The van der Waals surface area contributed by atoms with Gasteiger partial charge in [0.05, 0.1) is 0 Å². The van der Waals surface area contributed by atoms with E-state index in [-0.39, 0.29) is 0 Å². The normalized spacial score (nSPS) is 39.4. The minimum Gasteiger partial charge on any atom is -0.311 e. The van der Waals surface area contributed by atoms with Crippen LogP contribution in [0, 0.1) is 5.92 Å². The van der Waals surface area contributed by atoms with Crippen molar-refractivity contribution >= 4 is 11.8 Å². The van der Waals surface area contributed by atoms with Crippen molar-refractivity contribution < 1.29 is 0 Å². The Bertz CT molecular complexity index is 207. The molecule has 0 spiro atoms. The first-order chi connectivity index (χ1) is 7.81. The molecule has 94 valence electrons. The van der Waals surface area contributed by atoms with Gasteiger partial charge in [-0.05, 0) is 50.2 Å². The average Bonchev–Trinajstić information content (AvgIpc) is 2.89. The topological polar surface area (TPSA) is 12.0 Å². The summed E-state index contributed by atoms with van der Waals surface area (Å²) in [4.78, 5) is 0. The van der Waals surface area contributed by atoms with Gasteiger partial charge in [-0.15, -0.1) is 0 Å². The van der Waals surface area contributed by atoms with E-state index in [1.165, 1.54) is 50.7 Å². The largest absolute Gasteiger partial charge is 0.311 e. The van der Waals surface area contributed by atoms with Gasteiger partial charge in [0.1, 0.15) is 0 Å². The van der Waals surface area contributed by atoms with Gasteiger partial charge in [-0.25, -0.2) is 0 Å². The monoisotopic (exact) mass is 241 g/mol. The van der Waals surface area contributed by atoms with Crippen LogP contribution in [0.4, 0.5) is 0 Å². The van der Waals surface area contributed by atoms with E-state index in [4.69, 9.17) is 0 Å². The van der Waals surface area contributed by atoms with Crippen molar-refractivity contribution in [1.82, 2.24) is 5.32 Å². The molecule has 2 heteroatoms. The summed E-state index contributed by atoms with van der Waals surface area (Å²) in [6, 6.07) is 1.69. The zero-order valence-corrected chi connectivity index (χ0v) is 11.7. The molecule has 2 fully saturated rings. The highest BCUT2D eigenvalue weighted by Gasteiger charge is 2.29. The maximum Gasteiger partial charge on any atom is 0.00805 e. The van der Waals surface area contributed by atoms with E-state index >= 15 is 0 Å². The lowest BCUT2D eigenvalue weighted by Crippen LogP contribution is -2.35. The Labute approximate surface area is 105 Å². The third-order valence-corrected chi connectivity index (χ3v) is 5.61. The standard InChI is InChI=1S/C14H27NS/c1-3-11-5-6-12(9-11)15-13-7-8-14(10-13)16-4-2/h11-15H,3-10H2,1-2H3. The van der Waals surface area contributed by atoms with Crippen LogP contribution >= 0.6 is 11.8 Å². The Hall–Kier alpha value is 0.310. The maximum absolute atomic E-state index is 3.92. The van der Waals surface area contributed by atoms with Gasteiger partial charge in [0.15, 0.2) is 0 Å². The van der Waals surface area contributed by atoms with E-state index in [1.807, 2.05) is 0 Å². The summed E-state index contributed by atoms with van der Waals surface area (Å²) in [5, 5.41) is 4.87. The Morgan fingerprint density at radius 1 is 1.00 bits per heavy atom. The van der Waals surface area contributed by atoms with Gasteiger partial charge in [-0.3, -0.25) is 0 Å². The molecule has 2 aliphatic rings. The summed E-state index contributed by atoms with van der Waals surface area (Å²) in [5.41, 5.74) is 0. The van der Waals surface area contributed by atoms with Crippen LogP contribution in [0.15, 0.2) is 0 Å².